The summed E-state index contributed by atoms with van der Waals surface area (Å²) < 4.78 is 29.2. The third-order valence-corrected chi connectivity index (χ3v) is 5.69. The van der Waals surface area contributed by atoms with Crippen molar-refractivity contribution in [1.82, 2.24) is 19.4 Å². The lowest BCUT2D eigenvalue weighted by Gasteiger charge is -2.44. The second kappa shape index (κ2) is 5.44. The molecule has 4 rings (SSSR count). The van der Waals surface area contributed by atoms with Crippen molar-refractivity contribution in [1.29, 1.82) is 0 Å². The molecule has 0 spiro atoms. The van der Waals surface area contributed by atoms with Crippen LogP contribution in [0.5, 0.6) is 0 Å². The highest BCUT2D eigenvalue weighted by Crippen LogP contribution is 2.28. The number of piperidine rings is 3. The molecule has 3 saturated heterocycles. The maximum atomic E-state index is 12.4. The van der Waals surface area contributed by atoms with Gasteiger partial charge in [-0.2, -0.15) is 5.10 Å². The van der Waals surface area contributed by atoms with Crippen molar-refractivity contribution < 1.29 is 8.42 Å². The molecule has 8 heteroatoms. The third-order valence-electron chi connectivity index (χ3n) is 4.24. The zero-order valence-electron chi connectivity index (χ0n) is 11.4. The zero-order valence-corrected chi connectivity index (χ0v) is 12.2. The van der Waals surface area contributed by atoms with E-state index in [1.807, 2.05) is 0 Å². The number of aromatic nitrogens is 2. The number of nitrogens with two attached hydrogens (primary N) is 1. The summed E-state index contributed by atoms with van der Waals surface area (Å²) in [6, 6.07) is 0.0281. The van der Waals surface area contributed by atoms with Gasteiger partial charge in [0.05, 0.1) is 12.7 Å². The van der Waals surface area contributed by atoms with Gasteiger partial charge in [-0.15, -0.1) is 0 Å². The predicted octanol–water partition coefficient (Wildman–Crippen LogP) is -0.786. The summed E-state index contributed by atoms with van der Waals surface area (Å²) in [5.74, 6) is 0.467. The highest BCUT2D eigenvalue weighted by molar-refractivity contribution is 7.89. The van der Waals surface area contributed by atoms with E-state index in [9.17, 15) is 8.42 Å². The summed E-state index contributed by atoms with van der Waals surface area (Å²) in [4.78, 5) is 2.55. The minimum absolute atomic E-state index is 0.0281. The van der Waals surface area contributed by atoms with E-state index in [-0.39, 0.29) is 10.9 Å². The molecular formula is C12H21N5O2S. The van der Waals surface area contributed by atoms with Gasteiger partial charge in [0.2, 0.25) is 10.0 Å². The van der Waals surface area contributed by atoms with Crippen LogP contribution in [-0.2, 0) is 16.6 Å². The zero-order chi connectivity index (χ0) is 14.2. The van der Waals surface area contributed by atoms with Crippen molar-refractivity contribution >= 4 is 10.0 Å². The van der Waals surface area contributed by atoms with Crippen LogP contribution in [0.3, 0.4) is 0 Å². The van der Waals surface area contributed by atoms with Crippen molar-refractivity contribution in [3.05, 3.63) is 12.4 Å². The Hall–Kier alpha value is -0.960. The fraction of sp³-hybridized carbons (Fsp3) is 0.750. The Morgan fingerprint density at radius 2 is 2.15 bits per heavy atom. The van der Waals surface area contributed by atoms with Crippen LogP contribution in [0, 0.1) is 5.92 Å². The minimum atomic E-state index is -3.48. The molecule has 0 radical (unpaired) electrons. The molecule has 3 N–H and O–H groups in total. The van der Waals surface area contributed by atoms with Crippen molar-refractivity contribution in [3.63, 3.8) is 0 Å². The normalized spacial score (nSPS) is 29.8. The van der Waals surface area contributed by atoms with Gasteiger partial charge in [-0.25, -0.2) is 13.1 Å². The fourth-order valence-corrected chi connectivity index (χ4v) is 4.35. The van der Waals surface area contributed by atoms with Crippen molar-refractivity contribution in [2.45, 2.75) is 30.3 Å². The summed E-state index contributed by atoms with van der Waals surface area (Å²) in [7, 11) is -3.48. The van der Waals surface area contributed by atoms with Gasteiger partial charge in [0.1, 0.15) is 4.90 Å². The predicted molar refractivity (Wildman–Crippen MR) is 74.6 cm³/mol. The van der Waals surface area contributed by atoms with Gasteiger partial charge in [0.15, 0.2) is 0 Å². The van der Waals surface area contributed by atoms with E-state index in [1.54, 1.807) is 4.68 Å². The van der Waals surface area contributed by atoms with Crippen LogP contribution in [0.1, 0.15) is 12.8 Å². The lowest BCUT2D eigenvalue weighted by Crippen LogP contribution is -2.57. The van der Waals surface area contributed by atoms with Crippen LogP contribution < -0.4 is 10.5 Å². The second-order valence-corrected chi connectivity index (χ2v) is 7.31. The van der Waals surface area contributed by atoms with Crippen molar-refractivity contribution in [3.8, 4) is 0 Å². The topological polar surface area (TPSA) is 93.2 Å². The Morgan fingerprint density at radius 3 is 2.75 bits per heavy atom. The van der Waals surface area contributed by atoms with Crippen LogP contribution in [0.25, 0.3) is 0 Å². The van der Waals surface area contributed by atoms with Gasteiger partial charge >= 0.3 is 0 Å². The van der Waals surface area contributed by atoms with E-state index in [0.29, 0.717) is 19.0 Å². The van der Waals surface area contributed by atoms with E-state index in [4.69, 9.17) is 5.73 Å². The summed E-state index contributed by atoms with van der Waals surface area (Å²) in [5, 5.41) is 4.02. The molecule has 0 aliphatic carbocycles. The second-order valence-electron chi connectivity index (χ2n) is 5.59. The van der Waals surface area contributed by atoms with Gasteiger partial charge in [0, 0.05) is 25.3 Å². The van der Waals surface area contributed by atoms with E-state index >= 15 is 0 Å². The molecule has 3 aliphatic rings. The van der Waals surface area contributed by atoms with E-state index in [2.05, 4.69) is 14.7 Å². The maximum absolute atomic E-state index is 12.4. The number of hydrogen-bond donors (Lipinski definition) is 2. The molecule has 3 aliphatic heterocycles. The summed E-state index contributed by atoms with van der Waals surface area (Å²) in [5.41, 5.74) is 5.44. The van der Waals surface area contributed by atoms with E-state index < -0.39 is 10.0 Å². The standard InChI is InChI=1S/C12H21N5O2S/c13-3-6-17-8-11(7-14-17)20(18,19)15-12-9-16-4-1-10(12)2-5-16/h7-8,10,12,15H,1-6,9,13H2. The minimum Gasteiger partial charge on any atom is -0.329 e. The van der Waals surface area contributed by atoms with E-state index in [0.717, 1.165) is 32.5 Å². The molecule has 0 amide bonds. The molecule has 0 saturated carbocycles. The summed E-state index contributed by atoms with van der Waals surface area (Å²) >= 11 is 0. The molecule has 3 fully saturated rings. The average molecular weight is 299 g/mol. The molecule has 2 bridgehead atoms. The van der Waals surface area contributed by atoms with Gasteiger partial charge in [-0.3, -0.25) is 4.68 Å². The SMILES string of the molecule is NCCn1cc(S(=O)(=O)NC2CN3CCC2CC3)cn1. The third kappa shape index (κ3) is 2.73. The van der Waals surface area contributed by atoms with Crippen molar-refractivity contribution in [2.75, 3.05) is 26.2 Å². The number of nitrogens with zero attached hydrogens (tertiary/aromatic N) is 3. The number of sulfonamides is 1. The lowest BCUT2D eigenvalue weighted by atomic mass is 9.85. The first-order valence-electron chi connectivity index (χ1n) is 7.06. The average Bonchev–Trinajstić information content (AvgIpc) is 2.90. The first-order chi connectivity index (χ1) is 9.58. The molecule has 0 aromatic carbocycles. The van der Waals surface area contributed by atoms with Gasteiger partial charge in [-0.05, 0) is 31.8 Å². The number of fused-ring (bicyclic) bond motifs is 3. The van der Waals surface area contributed by atoms with Gasteiger partial charge in [0.25, 0.3) is 0 Å². The highest BCUT2D eigenvalue weighted by Gasteiger charge is 2.36. The molecule has 112 valence electrons. The van der Waals surface area contributed by atoms with Gasteiger partial charge in [-0.1, -0.05) is 0 Å². The monoisotopic (exact) mass is 299 g/mol. The molecule has 1 aromatic heterocycles. The molecule has 20 heavy (non-hydrogen) atoms. The molecule has 1 aromatic rings. The Morgan fingerprint density at radius 1 is 1.40 bits per heavy atom. The summed E-state index contributed by atoms with van der Waals surface area (Å²) in [6.45, 7) is 3.97. The molecular weight excluding hydrogens is 278 g/mol. The fourth-order valence-electron chi connectivity index (χ4n) is 3.10. The number of nitrogens with one attached hydrogen (secondary N) is 1. The van der Waals surface area contributed by atoms with Crippen LogP contribution >= 0.6 is 0 Å². The van der Waals surface area contributed by atoms with Crippen molar-refractivity contribution in [2.24, 2.45) is 11.7 Å². The first-order valence-corrected chi connectivity index (χ1v) is 8.54. The quantitative estimate of drug-likeness (QED) is 0.743. The maximum Gasteiger partial charge on any atom is 0.243 e. The molecule has 1 atom stereocenters. The lowest BCUT2D eigenvalue weighted by molar-refractivity contribution is 0.0827. The van der Waals surface area contributed by atoms with E-state index in [1.165, 1.54) is 12.4 Å². The Labute approximate surface area is 119 Å². The van der Waals surface area contributed by atoms with Crippen LogP contribution in [0.2, 0.25) is 0 Å². The molecule has 1 unspecified atom stereocenters. The van der Waals surface area contributed by atoms with Crippen LogP contribution in [0.4, 0.5) is 0 Å². The van der Waals surface area contributed by atoms with Crippen LogP contribution in [0.15, 0.2) is 17.3 Å². The Kier molecular flexibility index (Phi) is 3.80. The first kappa shape index (κ1) is 14.0. The Balaban J connectivity index is 1.71. The van der Waals surface area contributed by atoms with Crippen LogP contribution in [-0.4, -0.2) is 55.3 Å². The molecule has 7 nitrogen and oxygen atoms in total. The number of hydrogen-bond acceptors (Lipinski definition) is 5. The smallest absolute Gasteiger partial charge is 0.243 e. The number of rotatable bonds is 5. The van der Waals surface area contributed by atoms with Gasteiger partial charge < -0.3 is 10.6 Å². The molecule has 4 heterocycles. The summed E-state index contributed by atoms with van der Waals surface area (Å²) in [6.07, 6.45) is 5.09. The Bertz CT molecular complexity index is 562. The largest absolute Gasteiger partial charge is 0.329 e. The highest BCUT2D eigenvalue weighted by atomic mass is 32.2.